The zero-order chi connectivity index (χ0) is 11.1. The molecule has 2 aromatic rings. The molecule has 1 unspecified atom stereocenters. The van der Waals surface area contributed by atoms with Gasteiger partial charge in [-0.1, -0.05) is 11.6 Å². The van der Waals surface area contributed by atoms with Crippen LogP contribution in [0.2, 0.25) is 0 Å². The van der Waals surface area contributed by atoms with E-state index >= 15 is 0 Å². The standard InChI is InChI=1S/C14H18N2/c1-9-5-10(2)14-12(6-9)7-13(16-14)11-3-4-15-8-11/h5-7,11,15-16H,3-4,8H2,1-2H3. The van der Waals surface area contributed by atoms with Gasteiger partial charge < -0.3 is 10.3 Å². The smallest absolute Gasteiger partial charge is 0.0486 e. The minimum atomic E-state index is 0.673. The van der Waals surface area contributed by atoms with Crippen molar-refractivity contribution in [2.24, 2.45) is 0 Å². The third-order valence-electron chi connectivity index (χ3n) is 3.59. The predicted molar refractivity (Wildman–Crippen MR) is 68.0 cm³/mol. The Kier molecular flexibility index (Phi) is 2.25. The largest absolute Gasteiger partial charge is 0.358 e. The lowest BCUT2D eigenvalue weighted by molar-refractivity contribution is 0.743. The van der Waals surface area contributed by atoms with E-state index in [0.717, 1.165) is 13.1 Å². The van der Waals surface area contributed by atoms with Crippen molar-refractivity contribution in [2.45, 2.75) is 26.2 Å². The summed E-state index contributed by atoms with van der Waals surface area (Å²) in [5.41, 5.74) is 5.41. The van der Waals surface area contributed by atoms with Crippen molar-refractivity contribution in [1.29, 1.82) is 0 Å². The third kappa shape index (κ3) is 1.54. The highest BCUT2D eigenvalue weighted by Crippen LogP contribution is 2.27. The lowest BCUT2D eigenvalue weighted by Crippen LogP contribution is -2.07. The van der Waals surface area contributed by atoms with Crippen molar-refractivity contribution in [1.82, 2.24) is 10.3 Å². The molecule has 0 aliphatic carbocycles. The average Bonchev–Trinajstić information content (AvgIpc) is 2.82. The zero-order valence-electron chi connectivity index (χ0n) is 9.93. The van der Waals surface area contributed by atoms with Gasteiger partial charge in [0, 0.05) is 29.1 Å². The molecule has 16 heavy (non-hydrogen) atoms. The Morgan fingerprint density at radius 3 is 2.81 bits per heavy atom. The summed E-state index contributed by atoms with van der Waals surface area (Å²) < 4.78 is 0. The molecule has 3 rings (SSSR count). The van der Waals surface area contributed by atoms with Crippen molar-refractivity contribution in [3.05, 3.63) is 35.0 Å². The highest BCUT2D eigenvalue weighted by Gasteiger charge is 2.18. The van der Waals surface area contributed by atoms with Gasteiger partial charge in [-0.3, -0.25) is 0 Å². The van der Waals surface area contributed by atoms with E-state index in [1.165, 1.54) is 34.1 Å². The van der Waals surface area contributed by atoms with E-state index in [9.17, 15) is 0 Å². The van der Waals surface area contributed by atoms with Crippen LogP contribution in [0.25, 0.3) is 10.9 Å². The molecule has 1 aromatic carbocycles. The Labute approximate surface area is 96.1 Å². The minimum Gasteiger partial charge on any atom is -0.358 e. The van der Waals surface area contributed by atoms with Crippen molar-refractivity contribution in [2.75, 3.05) is 13.1 Å². The molecule has 0 saturated carbocycles. The molecule has 1 saturated heterocycles. The van der Waals surface area contributed by atoms with Crippen molar-refractivity contribution in [3.63, 3.8) is 0 Å². The molecule has 1 fully saturated rings. The molecule has 2 nitrogen and oxygen atoms in total. The highest BCUT2D eigenvalue weighted by molar-refractivity contribution is 5.84. The number of rotatable bonds is 1. The third-order valence-corrected chi connectivity index (χ3v) is 3.59. The van der Waals surface area contributed by atoms with Crippen LogP contribution in [0.4, 0.5) is 0 Å². The maximum atomic E-state index is 3.59. The summed E-state index contributed by atoms with van der Waals surface area (Å²) in [6, 6.07) is 6.84. The van der Waals surface area contributed by atoms with Crippen LogP contribution in [0.15, 0.2) is 18.2 Å². The second-order valence-corrected chi connectivity index (χ2v) is 4.96. The first-order valence-corrected chi connectivity index (χ1v) is 6.04. The summed E-state index contributed by atoms with van der Waals surface area (Å²) in [5, 5.41) is 4.78. The van der Waals surface area contributed by atoms with E-state index in [1.54, 1.807) is 0 Å². The molecule has 2 heterocycles. The van der Waals surface area contributed by atoms with E-state index in [0.29, 0.717) is 5.92 Å². The summed E-state index contributed by atoms with van der Waals surface area (Å²) in [4.78, 5) is 3.59. The van der Waals surface area contributed by atoms with E-state index < -0.39 is 0 Å². The van der Waals surface area contributed by atoms with Gasteiger partial charge in [-0.05, 0) is 44.5 Å². The normalized spacial score (nSPS) is 20.8. The molecule has 0 amide bonds. The van der Waals surface area contributed by atoms with E-state index in [4.69, 9.17) is 0 Å². The quantitative estimate of drug-likeness (QED) is 0.750. The second-order valence-electron chi connectivity index (χ2n) is 4.96. The fourth-order valence-electron chi connectivity index (χ4n) is 2.77. The summed E-state index contributed by atoms with van der Waals surface area (Å²) in [5.74, 6) is 0.673. The number of benzene rings is 1. The predicted octanol–water partition coefficient (Wildman–Crippen LogP) is 2.86. The lowest BCUT2D eigenvalue weighted by Gasteiger charge is -2.04. The number of hydrogen-bond acceptors (Lipinski definition) is 1. The van der Waals surface area contributed by atoms with E-state index in [2.05, 4.69) is 42.3 Å². The number of aryl methyl sites for hydroxylation is 2. The lowest BCUT2D eigenvalue weighted by atomic mass is 10.0. The van der Waals surface area contributed by atoms with Crippen molar-refractivity contribution < 1.29 is 0 Å². The molecule has 0 spiro atoms. The summed E-state index contributed by atoms with van der Waals surface area (Å²) in [6.07, 6.45) is 1.25. The van der Waals surface area contributed by atoms with Gasteiger partial charge in [0.15, 0.2) is 0 Å². The molecule has 1 atom stereocenters. The molecular formula is C14H18N2. The minimum absolute atomic E-state index is 0.673. The molecule has 2 N–H and O–H groups in total. The van der Waals surface area contributed by atoms with Crippen LogP contribution in [-0.4, -0.2) is 18.1 Å². The molecule has 1 aromatic heterocycles. The first-order valence-electron chi connectivity index (χ1n) is 6.04. The molecule has 2 heteroatoms. The Morgan fingerprint density at radius 1 is 1.19 bits per heavy atom. The fraction of sp³-hybridized carbons (Fsp3) is 0.429. The summed E-state index contributed by atoms with van der Waals surface area (Å²) in [7, 11) is 0. The van der Waals surface area contributed by atoms with Crippen LogP contribution in [0.1, 0.15) is 29.2 Å². The Balaban J connectivity index is 2.11. The van der Waals surface area contributed by atoms with Crippen LogP contribution in [0.3, 0.4) is 0 Å². The van der Waals surface area contributed by atoms with Gasteiger partial charge >= 0.3 is 0 Å². The van der Waals surface area contributed by atoms with Crippen LogP contribution < -0.4 is 5.32 Å². The molecular weight excluding hydrogens is 196 g/mol. The fourth-order valence-corrected chi connectivity index (χ4v) is 2.77. The maximum absolute atomic E-state index is 3.59. The van der Waals surface area contributed by atoms with Gasteiger partial charge in [-0.25, -0.2) is 0 Å². The number of H-pyrrole nitrogens is 1. The topological polar surface area (TPSA) is 27.8 Å². The number of hydrogen-bond donors (Lipinski definition) is 2. The van der Waals surface area contributed by atoms with Crippen molar-refractivity contribution >= 4 is 10.9 Å². The highest BCUT2D eigenvalue weighted by atomic mass is 14.9. The molecule has 1 aliphatic rings. The molecule has 1 aliphatic heterocycles. The molecule has 0 radical (unpaired) electrons. The average molecular weight is 214 g/mol. The van der Waals surface area contributed by atoms with Gasteiger partial charge in [0.2, 0.25) is 0 Å². The van der Waals surface area contributed by atoms with Crippen LogP contribution in [0.5, 0.6) is 0 Å². The Morgan fingerprint density at radius 2 is 2.06 bits per heavy atom. The Bertz CT molecular complexity index is 519. The molecule has 84 valence electrons. The number of nitrogens with one attached hydrogen (secondary N) is 2. The van der Waals surface area contributed by atoms with E-state index in [1.807, 2.05) is 0 Å². The van der Waals surface area contributed by atoms with E-state index in [-0.39, 0.29) is 0 Å². The van der Waals surface area contributed by atoms with Gasteiger partial charge in [0.1, 0.15) is 0 Å². The van der Waals surface area contributed by atoms with Crippen LogP contribution in [0, 0.1) is 13.8 Å². The van der Waals surface area contributed by atoms with Gasteiger partial charge in [0.25, 0.3) is 0 Å². The van der Waals surface area contributed by atoms with Gasteiger partial charge in [-0.2, -0.15) is 0 Å². The van der Waals surface area contributed by atoms with Gasteiger partial charge in [0.05, 0.1) is 0 Å². The van der Waals surface area contributed by atoms with Crippen LogP contribution >= 0.6 is 0 Å². The summed E-state index contributed by atoms with van der Waals surface area (Å²) >= 11 is 0. The Hall–Kier alpha value is -1.28. The summed E-state index contributed by atoms with van der Waals surface area (Å²) in [6.45, 7) is 6.61. The number of aromatic nitrogens is 1. The van der Waals surface area contributed by atoms with Crippen molar-refractivity contribution in [3.8, 4) is 0 Å². The SMILES string of the molecule is Cc1cc(C)c2[nH]c(C3CCNC3)cc2c1. The van der Waals surface area contributed by atoms with Crippen LogP contribution in [-0.2, 0) is 0 Å². The maximum Gasteiger partial charge on any atom is 0.0486 e. The van der Waals surface area contributed by atoms with Gasteiger partial charge in [-0.15, -0.1) is 0 Å². The zero-order valence-corrected chi connectivity index (χ0v) is 9.93. The monoisotopic (exact) mass is 214 g/mol. The number of fused-ring (bicyclic) bond motifs is 1. The second kappa shape index (κ2) is 3.63. The number of aromatic amines is 1. The first-order chi connectivity index (χ1) is 7.74. The molecule has 0 bridgehead atoms. The first kappa shape index (κ1) is 9.91.